The predicted molar refractivity (Wildman–Crippen MR) is 149 cm³/mol. The number of aromatic amines is 1. The van der Waals surface area contributed by atoms with Crippen LogP contribution in [0.5, 0.6) is 0 Å². The van der Waals surface area contributed by atoms with E-state index in [0.717, 1.165) is 45.7 Å². The lowest BCUT2D eigenvalue weighted by molar-refractivity contribution is 0.128. The Morgan fingerprint density at radius 3 is 2.34 bits per heavy atom. The van der Waals surface area contributed by atoms with Crippen LogP contribution in [0.15, 0.2) is 48.8 Å². The number of rotatable bonds is 6. The van der Waals surface area contributed by atoms with E-state index >= 15 is 0 Å². The molecule has 3 aromatic heterocycles. The van der Waals surface area contributed by atoms with Crippen molar-refractivity contribution in [2.75, 3.05) is 32.7 Å². The number of hydrogen-bond acceptors (Lipinski definition) is 4. The molecule has 184 valence electrons. The summed E-state index contributed by atoms with van der Waals surface area (Å²) in [4.78, 5) is 16.1. The van der Waals surface area contributed by atoms with E-state index in [-0.39, 0.29) is 5.41 Å². The van der Waals surface area contributed by atoms with Gasteiger partial charge in [-0.3, -0.25) is 9.88 Å². The lowest BCUT2D eigenvalue weighted by Gasteiger charge is -2.34. The van der Waals surface area contributed by atoms with Crippen LogP contribution in [0.25, 0.3) is 21.5 Å². The molecule has 0 amide bonds. The van der Waals surface area contributed by atoms with Gasteiger partial charge in [-0.15, -0.1) is 11.3 Å². The number of piperazine rings is 1. The molecule has 0 radical (unpaired) electrons. The first kappa shape index (κ1) is 24.2. The van der Waals surface area contributed by atoms with Gasteiger partial charge in [0.05, 0.1) is 5.69 Å². The highest BCUT2D eigenvalue weighted by atomic mass is 32.1. The summed E-state index contributed by atoms with van der Waals surface area (Å²) in [6.07, 6.45) is 4.92. The first-order chi connectivity index (χ1) is 16.8. The molecule has 4 aromatic rings. The second-order valence-electron chi connectivity index (χ2n) is 11.2. The zero-order chi connectivity index (χ0) is 24.6. The second kappa shape index (κ2) is 9.88. The van der Waals surface area contributed by atoms with Crippen molar-refractivity contribution >= 4 is 21.6 Å². The largest absolute Gasteiger partial charge is 0.346 e. The highest BCUT2D eigenvalue weighted by Crippen LogP contribution is 2.40. The molecule has 0 aliphatic carbocycles. The Morgan fingerprint density at radius 2 is 1.69 bits per heavy atom. The van der Waals surface area contributed by atoms with Gasteiger partial charge in [0.2, 0.25) is 0 Å². The van der Waals surface area contributed by atoms with Crippen molar-refractivity contribution in [3.05, 3.63) is 75.9 Å². The number of hydrogen-bond donors (Lipinski definition) is 1. The summed E-state index contributed by atoms with van der Waals surface area (Å²) >= 11 is 1.92. The topological polar surface area (TPSA) is 35.2 Å². The maximum absolute atomic E-state index is 4.27. The van der Waals surface area contributed by atoms with Gasteiger partial charge in [-0.2, -0.15) is 0 Å². The Balaban J connectivity index is 1.34. The van der Waals surface area contributed by atoms with Gasteiger partial charge in [-0.25, -0.2) is 0 Å². The molecule has 0 spiro atoms. The molecule has 35 heavy (non-hydrogen) atoms. The van der Waals surface area contributed by atoms with Gasteiger partial charge in [-0.1, -0.05) is 44.0 Å². The summed E-state index contributed by atoms with van der Waals surface area (Å²) in [6.45, 7) is 17.9. The van der Waals surface area contributed by atoms with Crippen molar-refractivity contribution < 1.29 is 0 Å². The highest BCUT2D eigenvalue weighted by Gasteiger charge is 2.23. The average Bonchev–Trinajstić information content (AvgIpc) is 3.37. The van der Waals surface area contributed by atoms with Gasteiger partial charge >= 0.3 is 0 Å². The fourth-order valence-electron chi connectivity index (χ4n) is 5.22. The van der Waals surface area contributed by atoms with Crippen molar-refractivity contribution in [1.82, 2.24) is 19.8 Å². The summed E-state index contributed by atoms with van der Waals surface area (Å²) in [5.74, 6) is 0. The van der Waals surface area contributed by atoms with Crippen molar-refractivity contribution in [3.8, 4) is 11.3 Å². The van der Waals surface area contributed by atoms with Gasteiger partial charge in [-0.05, 0) is 66.6 Å². The molecular weight excluding hydrogens is 448 g/mol. The third-order valence-corrected chi connectivity index (χ3v) is 8.60. The normalized spacial score (nSPS) is 15.8. The summed E-state index contributed by atoms with van der Waals surface area (Å²) in [7, 11) is 0. The van der Waals surface area contributed by atoms with E-state index in [2.05, 4.69) is 84.7 Å². The Labute approximate surface area is 214 Å². The number of nitrogens with one attached hydrogen (secondary N) is 1. The van der Waals surface area contributed by atoms with E-state index in [0.29, 0.717) is 0 Å². The van der Waals surface area contributed by atoms with Crippen LogP contribution in [0.2, 0.25) is 0 Å². The number of pyridine rings is 1. The molecule has 0 unspecified atom stereocenters. The average molecular weight is 487 g/mol. The molecule has 1 fully saturated rings. The molecule has 1 aliphatic rings. The van der Waals surface area contributed by atoms with Gasteiger partial charge < -0.3 is 9.88 Å². The van der Waals surface area contributed by atoms with Gasteiger partial charge in [0, 0.05) is 61.9 Å². The molecule has 1 aliphatic heterocycles. The van der Waals surface area contributed by atoms with Crippen LogP contribution >= 0.6 is 11.3 Å². The number of benzene rings is 1. The van der Waals surface area contributed by atoms with Crippen molar-refractivity contribution in [1.29, 1.82) is 0 Å². The molecule has 1 saturated heterocycles. The van der Waals surface area contributed by atoms with Crippen LogP contribution in [-0.2, 0) is 18.4 Å². The lowest BCUT2D eigenvalue weighted by Crippen LogP contribution is -2.46. The van der Waals surface area contributed by atoms with Gasteiger partial charge in [0.15, 0.2) is 0 Å². The predicted octanol–water partition coefficient (Wildman–Crippen LogP) is 6.57. The van der Waals surface area contributed by atoms with Crippen LogP contribution in [0.1, 0.15) is 47.9 Å². The molecule has 0 saturated carbocycles. The number of fused-ring (bicyclic) bond motifs is 1. The van der Waals surface area contributed by atoms with Crippen molar-refractivity contribution in [3.63, 3.8) is 0 Å². The van der Waals surface area contributed by atoms with E-state index < -0.39 is 0 Å². The summed E-state index contributed by atoms with van der Waals surface area (Å²) in [5, 5.41) is 1.42. The monoisotopic (exact) mass is 486 g/mol. The minimum Gasteiger partial charge on any atom is -0.346 e. The first-order valence-corrected chi connectivity index (χ1v) is 13.6. The summed E-state index contributed by atoms with van der Waals surface area (Å²) in [5.41, 5.74) is 8.24. The van der Waals surface area contributed by atoms with E-state index in [4.69, 9.17) is 0 Å². The van der Waals surface area contributed by atoms with Crippen LogP contribution in [0.3, 0.4) is 0 Å². The molecule has 1 N–H and O–H groups in total. The zero-order valence-corrected chi connectivity index (χ0v) is 22.6. The van der Waals surface area contributed by atoms with E-state index in [1.54, 1.807) is 0 Å². The fourth-order valence-corrected chi connectivity index (χ4v) is 6.37. The summed E-state index contributed by atoms with van der Waals surface area (Å²) < 4.78 is 0. The number of thiophene rings is 1. The third kappa shape index (κ3) is 5.53. The van der Waals surface area contributed by atoms with Crippen molar-refractivity contribution in [2.45, 2.75) is 53.0 Å². The lowest BCUT2D eigenvalue weighted by atomic mass is 9.93. The van der Waals surface area contributed by atoms with Gasteiger partial charge in [0.25, 0.3) is 0 Å². The van der Waals surface area contributed by atoms with E-state index in [1.165, 1.54) is 48.6 Å². The minimum absolute atomic E-state index is 0.173. The molecule has 5 rings (SSSR count). The summed E-state index contributed by atoms with van der Waals surface area (Å²) in [6, 6.07) is 13.6. The molecule has 1 aromatic carbocycles. The molecule has 4 nitrogen and oxygen atoms in total. The number of aryl methyl sites for hydroxylation is 2. The molecule has 5 heteroatoms. The van der Waals surface area contributed by atoms with Crippen LogP contribution < -0.4 is 0 Å². The Kier molecular flexibility index (Phi) is 6.84. The quantitative estimate of drug-likeness (QED) is 0.335. The van der Waals surface area contributed by atoms with E-state index in [9.17, 15) is 0 Å². The smallest absolute Gasteiger partial charge is 0.101 e. The Hall–Kier alpha value is -2.47. The minimum atomic E-state index is 0.173. The maximum atomic E-state index is 4.27. The standard InChI is InChI=1S/C30H38N4S/c1-21-15-22(2)17-24(16-21)28-25(26-18-27(30(3,4)5)35-29(26)32-28)8-10-33-11-13-34(14-12-33)20-23-7-6-9-31-19-23/h6-7,9,15-19,32H,8,10-14,20H2,1-5H3. The van der Waals surface area contributed by atoms with E-state index in [1.807, 2.05) is 29.8 Å². The number of nitrogens with zero attached hydrogens (tertiary/aromatic N) is 3. The molecule has 0 atom stereocenters. The Morgan fingerprint density at radius 1 is 0.971 bits per heavy atom. The SMILES string of the molecule is Cc1cc(C)cc(-c2[nH]c3sc(C(C)(C)C)cc3c2CCN2CCN(Cc3cccnc3)CC2)c1. The maximum Gasteiger partial charge on any atom is 0.101 e. The highest BCUT2D eigenvalue weighted by molar-refractivity contribution is 7.18. The Bertz CT molecular complexity index is 1270. The van der Waals surface area contributed by atoms with Crippen LogP contribution in [-0.4, -0.2) is 52.5 Å². The van der Waals surface area contributed by atoms with Crippen molar-refractivity contribution in [2.24, 2.45) is 0 Å². The molecule has 0 bridgehead atoms. The van der Waals surface area contributed by atoms with Crippen LogP contribution in [0.4, 0.5) is 0 Å². The fraction of sp³-hybridized carbons (Fsp3) is 0.433. The molecule has 4 heterocycles. The number of H-pyrrole nitrogens is 1. The van der Waals surface area contributed by atoms with Gasteiger partial charge in [0.1, 0.15) is 4.83 Å². The third-order valence-electron chi connectivity index (χ3n) is 7.12. The number of aromatic nitrogens is 2. The van der Waals surface area contributed by atoms with Crippen LogP contribution in [0, 0.1) is 13.8 Å². The zero-order valence-electron chi connectivity index (χ0n) is 21.8. The molecular formula is C30H38N4S. The second-order valence-corrected chi connectivity index (χ2v) is 12.2. The first-order valence-electron chi connectivity index (χ1n) is 12.8.